The van der Waals surface area contributed by atoms with E-state index in [9.17, 15) is 0 Å². The molecular formula is C62H49N3. The summed E-state index contributed by atoms with van der Waals surface area (Å²) in [5.74, 6) is 0. The molecule has 65 heavy (non-hydrogen) atoms. The lowest BCUT2D eigenvalue weighted by atomic mass is 9.66. The van der Waals surface area contributed by atoms with Crippen LogP contribution in [-0.4, -0.2) is 0 Å². The van der Waals surface area contributed by atoms with E-state index in [2.05, 4.69) is 267 Å². The Morgan fingerprint density at radius 2 is 0.723 bits per heavy atom. The number of fused-ring (bicyclic) bond motifs is 6. The molecule has 3 heteroatoms. The summed E-state index contributed by atoms with van der Waals surface area (Å²) in [6.45, 7) is 9.67. The van der Waals surface area contributed by atoms with Crippen LogP contribution in [0.15, 0.2) is 224 Å². The lowest BCUT2D eigenvalue weighted by Gasteiger charge is -2.50. The number of rotatable bonds is 7. The summed E-state index contributed by atoms with van der Waals surface area (Å²) < 4.78 is 0. The van der Waals surface area contributed by atoms with Crippen LogP contribution in [0.1, 0.15) is 49.9 Å². The van der Waals surface area contributed by atoms with Crippen LogP contribution in [0.5, 0.6) is 0 Å². The number of benzene rings is 10. The van der Waals surface area contributed by atoms with Crippen LogP contribution in [0.2, 0.25) is 0 Å². The van der Waals surface area contributed by atoms with E-state index in [0.717, 1.165) is 34.1 Å². The maximum atomic E-state index is 2.57. The Morgan fingerprint density at radius 3 is 1.31 bits per heavy atom. The molecule has 0 N–H and O–H groups in total. The van der Waals surface area contributed by atoms with Crippen LogP contribution >= 0.6 is 0 Å². The number of para-hydroxylation sites is 3. The van der Waals surface area contributed by atoms with E-state index in [1.54, 1.807) is 0 Å². The van der Waals surface area contributed by atoms with E-state index < -0.39 is 0 Å². The van der Waals surface area contributed by atoms with E-state index >= 15 is 0 Å². The Balaban J connectivity index is 1.04. The predicted octanol–water partition coefficient (Wildman–Crippen LogP) is 17.3. The monoisotopic (exact) mass is 835 g/mol. The van der Waals surface area contributed by atoms with Gasteiger partial charge in [0.2, 0.25) is 0 Å². The molecule has 0 fully saturated rings. The van der Waals surface area contributed by atoms with Crippen molar-refractivity contribution in [1.82, 2.24) is 0 Å². The predicted molar refractivity (Wildman–Crippen MR) is 275 cm³/mol. The van der Waals surface area contributed by atoms with Crippen molar-refractivity contribution in [3.8, 4) is 11.1 Å². The minimum Gasteiger partial charge on any atom is -0.311 e. The number of nitrogens with zero attached hydrogens (tertiary/aromatic N) is 3. The molecule has 0 radical (unpaired) electrons. The average molecular weight is 836 g/mol. The first-order chi connectivity index (χ1) is 31.7. The highest BCUT2D eigenvalue weighted by Crippen LogP contribution is 2.61. The summed E-state index contributed by atoms with van der Waals surface area (Å²) in [5, 5.41) is 4.91. The smallest absolute Gasteiger partial charge is 0.0545 e. The van der Waals surface area contributed by atoms with Crippen LogP contribution in [0.25, 0.3) is 32.7 Å². The van der Waals surface area contributed by atoms with Gasteiger partial charge in [0, 0.05) is 45.0 Å². The molecule has 0 bridgehead atoms. The van der Waals surface area contributed by atoms with E-state index in [1.807, 2.05) is 0 Å². The van der Waals surface area contributed by atoms with E-state index in [-0.39, 0.29) is 10.8 Å². The maximum Gasteiger partial charge on any atom is 0.0545 e. The number of hydrogen-bond acceptors (Lipinski definition) is 3. The van der Waals surface area contributed by atoms with Crippen molar-refractivity contribution in [1.29, 1.82) is 0 Å². The molecule has 0 aliphatic carbocycles. The summed E-state index contributed by atoms with van der Waals surface area (Å²) in [7, 11) is 0. The van der Waals surface area contributed by atoms with Crippen molar-refractivity contribution in [2.24, 2.45) is 0 Å². The quantitative estimate of drug-likeness (QED) is 0.158. The van der Waals surface area contributed by atoms with Crippen LogP contribution in [0, 0.1) is 0 Å². The van der Waals surface area contributed by atoms with Crippen LogP contribution in [-0.2, 0) is 10.8 Å². The lowest BCUT2D eigenvalue weighted by molar-refractivity contribution is 0.597. The molecule has 312 valence electrons. The Labute approximate surface area is 382 Å². The summed E-state index contributed by atoms with van der Waals surface area (Å²) >= 11 is 0. The van der Waals surface area contributed by atoms with Gasteiger partial charge in [0.25, 0.3) is 0 Å². The van der Waals surface area contributed by atoms with Gasteiger partial charge in [0.1, 0.15) is 0 Å². The molecule has 2 heterocycles. The number of hydrogen-bond donors (Lipinski definition) is 0. The largest absolute Gasteiger partial charge is 0.311 e. The Kier molecular flexibility index (Phi) is 8.86. The zero-order valence-corrected chi connectivity index (χ0v) is 37.2. The second kappa shape index (κ2) is 14.9. The topological polar surface area (TPSA) is 9.72 Å². The fourth-order valence-electron chi connectivity index (χ4n) is 10.7. The van der Waals surface area contributed by atoms with Gasteiger partial charge in [-0.2, -0.15) is 0 Å². The van der Waals surface area contributed by atoms with Crippen molar-refractivity contribution < 1.29 is 0 Å². The molecule has 0 saturated heterocycles. The molecule has 0 amide bonds. The molecule has 2 aliphatic rings. The van der Waals surface area contributed by atoms with Gasteiger partial charge in [-0.25, -0.2) is 0 Å². The fourth-order valence-corrected chi connectivity index (χ4v) is 10.7. The average Bonchev–Trinajstić information content (AvgIpc) is 3.35. The van der Waals surface area contributed by atoms with Crippen LogP contribution in [0.4, 0.5) is 51.2 Å². The fraction of sp³-hybridized carbons (Fsp3) is 0.0968. The van der Waals surface area contributed by atoms with Crippen molar-refractivity contribution >= 4 is 72.7 Å². The molecule has 0 unspecified atom stereocenters. The molecule has 10 aromatic carbocycles. The zero-order chi connectivity index (χ0) is 43.9. The first kappa shape index (κ1) is 38.8. The Bertz CT molecular complexity index is 3320. The molecule has 0 aromatic heterocycles. The zero-order valence-electron chi connectivity index (χ0n) is 37.2. The van der Waals surface area contributed by atoms with Gasteiger partial charge in [-0.05, 0) is 146 Å². The van der Waals surface area contributed by atoms with Gasteiger partial charge < -0.3 is 14.7 Å². The van der Waals surface area contributed by atoms with Crippen LogP contribution in [0.3, 0.4) is 0 Å². The highest BCUT2D eigenvalue weighted by Gasteiger charge is 2.46. The van der Waals surface area contributed by atoms with Gasteiger partial charge in [0.15, 0.2) is 0 Å². The van der Waals surface area contributed by atoms with Crippen molar-refractivity contribution in [3.05, 3.63) is 247 Å². The molecule has 10 aromatic rings. The molecule has 2 aliphatic heterocycles. The van der Waals surface area contributed by atoms with Gasteiger partial charge in [-0.1, -0.05) is 161 Å². The molecule has 12 rings (SSSR count). The highest BCUT2D eigenvalue weighted by atomic mass is 15.2. The van der Waals surface area contributed by atoms with Crippen molar-refractivity contribution in [2.75, 3.05) is 14.7 Å². The minimum absolute atomic E-state index is 0.270. The molecule has 0 saturated carbocycles. The molecule has 0 atom stereocenters. The second-order valence-electron chi connectivity index (χ2n) is 18.7. The summed E-state index contributed by atoms with van der Waals surface area (Å²) in [6, 6.07) is 82.6. The third kappa shape index (κ3) is 6.25. The van der Waals surface area contributed by atoms with Crippen LogP contribution < -0.4 is 14.7 Å². The first-order valence-electron chi connectivity index (χ1n) is 22.8. The van der Waals surface area contributed by atoms with Gasteiger partial charge in [0.05, 0.1) is 17.1 Å². The maximum absolute atomic E-state index is 2.57. The van der Waals surface area contributed by atoms with E-state index in [4.69, 9.17) is 0 Å². The third-order valence-corrected chi connectivity index (χ3v) is 14.1. The Hall–Kier alpha value is -7.88. The normalized spacial score (nSPS) is 14.1. The van der Waals surface area contributed by atoms with E-state index in [0.29, 0.717) is 0 Å². The van der Waals surface area contributed by atoms with Crippen molar-refractivity contribution in [2.45, 2.75) is 38.5 Å². The summed E-state index contributed by atoms with van der Waals surface area (Å²) in [6.07, 6.45) is 0. The van der Waals surface area contributed by atoms with Gasteiger partial charge in [-0.3, -0.25) is 0 Å². The first-order valence-corrected chi connectivity index (χ1v) is 22.8. The van der Waals surface area contributed by atoms with E-state index in [1.165, 1.54) is 72.0 Å². The second-order valence-corrected chi connectivity index (χ2v) is 18.7. The minimum atomic E-state index is -0.347. The molecule has 3 nitrogen and oxygen atoms in total. The highest BCUT2D eigenvalue weighted by molar-refractivity contribution is 5.97. The van der Waals surface area contributed by atoms with Crippen molar-refractivity contribution in [3.63, 3.8) is 0 Å². The SMILES string of the molecule is CC1(C)c2ccccc2N2c3ccc(-c4ccc(N(c5ccccc5)c5ccccc5)cc4)cc3C(C)(C)c3cc(N(c4ccc5ccccc5c4)c4ccc5ccccc5c4)cc1c32. The molecule has 0 spiro atoms. The van der Waals surface area contributed by atoms with Gasteiger partial charge >= 0.3 is 0 Å². The molecular weight excluding hydrogens is 787 g/mol. The Morgan fingerprint density at radius 1 is 0.292 bits per heavy atom. The third-order valence-electron chi connectivity index (χ3n) is 14.1. The standard InChI is InChI=1S/C62H49N3/c1-61(2)54-25-15-16-26-58(54)65-59-36-31-47(44-27-32-50(33-28-44)63(48-21-7-5-8-22-48)49-23-9-6-10-24-49)39-55(59)62(3,4)57-41-53(40-56(61)60(57)65)64(51-34-29-42-17-11-13-19-45(42)37-51)52-35-30-43-18-12-14-20-46(43)38-52/h5-41H,1-4H3. The van der Waals surface area contributed by atoms with Gasteiger partial charge in [-0.15, -0.1) is 0 Å². The summed E-state index contributed by atoms with van der Waals surface area (Å²) in [4.78, 5) is 7.37. The summed E-state index contributed by atoms with van der Waals surface area (Å²) in [5.41, 5.74) is 17.6. The lowest BCUT2D eigenvalue weighted by Crippen LogP contribution is -2.38. The number of anilines is 9.